The highest BCUT2D eigenvalue weighted by Crippen LogP contribution is 2.31. The zero-order valence-electron chi connectivity index (χ0n) is 12.6. The van der Waals surface area contributed by atoms with Gasteiger partial charge in [0.25, 0.3) is 0 Å². The second kappa shape index (κ2) is 5.61. The molecule has 0 atom stereocenters. The number of hydrogen-bond donors (Lipinski definition) is 2. The molecule has 0 radical (unpaired) electrons. The van der Waals surface area contributed by atoms with Gasteiger partial charge in [-0.15, -0.1) is 11.3 Å². The lowest BCUT2D eigenvalue weighted by molar-refractivity contribution is -0.151. The second-order valence-corrected chi connectivity index (χ2v) is 6.98. The summed E-state index contributed by atoms with van der Waals surface area (Å²) in [5, 5.41) is 14.6. The minimum Gasteiger partial charge on any atom is -0.481 e. The van der Waals surface area contributed by atoms with Gasteiger partial charge in [-0.2, -0.15) is 0 Å². The number of thiophene rings is 1. The fourth-order valence-electron chi connectivity index (χ4n) is 1.70. The van der Waals surface area contributed by atoms with Crippen LogP contribution in [0, 0.1) is 5.41 Å². The minimum atomic E-state index is -0.896. The van der Waals surface area contributed by atoms with E-state index in [9.17, 15) is 9.90 Å². The zero-order valence-corrected chi connectivity index (χ0v) is 13.5. The average molecular weight is 308 g/mol. The van der Waals surface area contributed by atoms with Crippen LogP contribution in [0.15, 0.2) is 28.2 Å². The third-order valence-corrected chi connectivity index (χ3v) is 4.95. The maximum Gasteiger partial charge on any atom is 0.310 e. The molecule has 0 fully saturated rings. The molecule has 0 amide bonds. The van der Waals surface area contributed by atoms with Crippen LogP contribution < -0.4 is 5.32 Å². The third kappa shape index (κ3) is 3.16. The van der Waals surface area contributed by atoms with Crippen LogP contribution in [0.3, 0.4) is 0 Å². The highest BCUT2D eigenvalue weighted by Gasteiger charge is 2.43. The van der Waals surface area contributed by atoms with Crippen molar-refractivity contribution < 1.29 is 14.3 Å². The summed E-state index contributed by atoms with van der Waals surface area (Å²) in [5.74, 6) is -0.239. The van der Waals surface area contributed by atoms with Crippen LogP contribution in [0.1, 0.15) is 33.4 Å². The molecule has 2 N–H and O–H groups in total. The normalized spacial score (nSPS) is 12.6. The number of aromatic nitrogens is 1. The lowest BCUT2D eigenvalue weighted by Crippen LogP contribution is -2.54. The number of carboxylic acids is 1. The summed E-state index contributed by atoms with van der Waals surface area (Å²) >= 11 is 1.57. The van der Waals surface area contributed by atoms with Gasteiger partial charge >= 0.3 is 5.97 Å². The van der Waals surface area contributed by atoms with Gasteiger partial charge in [0.2, 0.25) is 5.89 Å². The molecule has 0 bridgehead atoms. The number of oxazole rings is 1. The number of rotatable bonds is 6. The number of carbonyl (C=O) groups is 1. The van der Waals surface area contributed by atoms with Gasteiger partial charge in [0.05, 0.1) is 16.0 Å². The number of nitrogens with one attached hydrogen (secondary N) is 1. The largest absolute Gasteiger partial charge is 0.481 e. The Bertz CT molecular complexity index is 615. The van der Waals surface area contributed by atoms with Crippen molar-refractivity contribution >= 4 is 17.3 Å². The van der Waals surface area contributed by atoms with Crippen molar-refractivity contribution in [3.63, 3.8) is 0 Å². The first-order valence-electron chi connectivity index (χ1n) is 6.71. The van der Waals surface area contributed by atoms with Crippen molar-refractivity contribution in [2.75, 3.05) is 0 Å². The van der Waals surface area contributed by atoms with Gasteiger partial charge in [0.1, 0.15) is 6.26 Å². The Hall–Kier alpha value is -1.66. The molecule has 2 aromatic rings. The van der Waals surface area contributed by atoms with Crippen LogP contribution in [0.5, 0.6) is 0 Å². The third-order valence-electron chi connectivity index (χ3n) is 4.09. The quantitative estimate of drug-likeness (QED) is 0.855. The fourth-order valence-corrected chi connectivity index (χ4v) is 2.36. The molecule has 5 nitrogen and oxygen atoms in total. The van der Waals surface area contributed by atoms with E-state index >= 15 is 0 Å². The predicted molar refractivity (Wildman–Crippen MR) is 82.2 cm³/mol. The van der Waals surface area contributed by atoms with Crippen molar-refractivity contribution in [1.29, 1.82) is 0 Å². The van der Waals surface area contributed by atoms with Crippen LogP contribution >= 0.6 is 11.3 Å². The molecule has 0 aliphatic heterocycles. The highest BCUT2D eigenvalue weighted by atomic mass is 32.1. The van der Waals surface area contributed by atoms with Gasteiger partial charge in [-0.1, -0.05) is 6.07 Å². The second-order valence-electron chi connectivity index (χ2n) is 6.03. The van der Waals surface area contributed by atoms with Gasteiger partial charge < -0.3 is 14.8 Å². The summed E-state index contributed by atoms with van der Waals surface area (Å²) in [6.07, 6.45) is 1.60. The Morgan fingerprint density at radius 2 is 2.14 bits per heavy atom. The van der Waals surface area contributed by atoms with Crippen molar-refractivity contribution in [3.05, 3.63) is 29.5 Å². The maximum atomic E-state index is 11.4. The van der Waals surface area contributed by atoms with Crippen molar-refractivity contribution in [2.45, 2.75) is 39.8 Å². The topological polar surface area (TPSA) is 75.4 Å². The molecule has 0 saturated heterocycles. The molecule has 6 heteroatoms. The Balaban J connectivity index is 2.05. The Labute approximate surface area is 128 Å². The molecule has 0 aliphatic rings. The minimum absolute atomic E-state index is 0.457. The first-order chi connectivity index (χ1) is 9.74. The van der Waals surface area contributed by atoms with Gasteiger partial charge in [-0.05, 0) is 39.1 Å². The molecular formula is C15H20N2O3S. The summed E-state index contributed by atoms with van der Waals surface area (Å²) < 4.78 is 5.45. The van der Waals surface area contributed by atoms with Crippen molar-refractivity contribution in [3.8, 4) is 10.8 Å². The van der Waals surface area contributed by atoms with Crippen molar-refractivity contribution in [1.82, 2.24) is 10.3 Å². The van der Waals surface area contributed by atoms with E-state index in [-0.39, 0.29) is 0 Å². The summed E-state index contributed by atoms with van der Waals surface area (Å²) in [7, 11) is 0. The number of nitrogens with zero attached hydrogens (tertiary/aromatic N) is 1. The lowest BCUT2D eigenvalue weighted by atomic mass is 9.74. The van der Waals surface area contributed by atoms with Gasteiger partial charge in [-0.25, -0.2) is 4.98 Å². The molecule has 0 unspecified atom stereocenters. The molecule has 21 heavy (non-hydrogen) atoms. The standard InChI is InChI=1S/C15H20N2O3S/c1-14(2,13(18)19)15(3,4)16-8-10-9-20-12(17-10)11-6-5-7-21-11/h5-7,9,16H,8H2,1-4H3,(H,18,19). The van der Waals surface area contributed by atoms with Crippen molar-refractivity contribution in [2.24, 2.45) is 5.41 Å². The molecule has 2 heterocycles. The van der Waals surface area contributed by atoms with Crippen LogP contribution in [-0.4, -0.2) is 21.6 Å². The van der Waals surface area contributed by atoms with Crippen LogP contribution in [0.2, 0.25) is 0 Å². The maximum absolute atomic E-state index is 11.4. The number of carboxylic acid groups (broad SMARTS) is 1. The molecule has 0 aromatic carbocycles. The summed E-state index contributed by atoms with van der Waals surface area (Å²) in [6, 6.07) is 3.89. The van der Waals surface area contributed by atoms with E-state index in [2.05, 4.69) is 10.3 Å². The molecule has 2 rings (SSSR count). The lowest BCUT2D eigenvalue weighted by Gasteiger charge is -2.38. The SMILES string of the molecule is CC(C)(NCc1coc(-c2cccs2)n1)C(C)(C)C(=O)O. The summed E-state index contributed by atoms with van der Waals surface area (Å²) in [6.45, 7) is 7.63. The van der Waals surface area contributed by atoms with Crippen LogP contribution in [-0.2, 0) is 11.3 Å². The fraction of sp³-hybridized carbons (Fsp3) is 0.467. The van der Waals surface area contributed by atoms with E-state index < -0.39 is 16.9 Å². The molecule has 0 saturated carbocycles. The molecule has 0 spiro atoms. The summed E-state index contributed by atoms with van der Waals surface area (Å²) in [5.41, 5.74) is -0.721. The van der Waals surface area contributed by atoms with Crippen LogP contribution in [0.4, 0.5) is 0 Å². The Morgan fingerprint density at radius 1 is 1.43 bits per heavy atom. The zero-order chi connectivity index (χ0) is 15.7. The molecular weight excluding hydrogens is 288 g/mol. The first kappa shape index (κ1) is 15.7. The first-order valence-corrected chi connectivity index (χ1v) is 7.59. The van der Waals surface area contributed by atoms with E-state index in [0.717, 1.165) is 10.6 Å². The predicted octanol–water partition coefficient (Wildman–Crippen LogP) is 3.38. The molecule has 2 aromatic heterocycles. The number of aliphatic carboxylic acids is 1. The van der Waals surface area contributed by atoms with E-state index in [0.29, 0.717) is 12.4 Å². The molecule has 114 valence electrons. The Kier molecular flexibility index (Phi) is 4.20. The van der Waals surface area contributed by atoms with E-state index in [1.165, 1.54) is 0 Å². The highest BCUT2D eigenvalue weighted by molar-refractivity contribution is 7.13. The molecule has 0 aliphatic carbocycles. The van der Waals surface area contributed by atoms with E-state index in [1.54, 1.807) is 31.4 Å². The number of hydrogen-bond acceptors (Lipinski definition) is 5. The summed E-state index contributed by atoms with van der Waals surface area (Å²) in [4.78, 5) is 16.8. The van der Waals surface area contributed by atoms with Crippen LogP contribution in [0.25, 0.3) is 10.8 Å². The van der Waals surface area contributed by atoms with E-state index in [1.807, 2.05) is 31.4 Å². The van der Waals surface area contributed by atoms with Gasteiger partial charge in [0, 0.05) is 12.1 Å². The Morgan fingerprint density at radius 3 is 2.71 bits per heavy atom. The average Bonchev–Trinajstić information content (AvgIpc) is 3.07. The smallest absolute Gasteiger partial charge is 0.310 e. The monoisotopic (exact) mass is 308 g/mol. The van der Waals surface area contributed by atoms with Gasteiger partial charge in [-0.3, -0.25) is 4.79 Å². The van der Waals surface area contributed by atoms with Gasteiger partial charge in [0.15, 0.2) is 0 Å². The van der Waals surface area contributed by atoms with E-state index in [4.69, 9.17) is 4.42 Å².